The van der Waals surface area contributed by atoms with E-state index in [2.05, 4.69) is 6.07 Å². The molecule has 2 N–H and O–H groups in total. The standard InChI is InChI=1S/C12H16O3S/c1-12(2,10(13)11(14)15)9-6-7-4-3-5-8(7)16-9/h6,10,13H,3-5H2,1-2H3,(H,14,15). The lowest BCUT2D eigenvalue weighted by molar-refractivity contribution is -0.150. The van der Waals surface area contributed by atoms with Crippen molar-refractivity contribution >= 4 is 17.3 Å². The second kappa shape index (κ2) is 3.86. The monoisotopic (exact) mass is 240 g/mol. The number of aliphatic hydroxyl groups is 1. The van der Waals surface area contributed by atoms with Crippen molar-refractivity contribution in [2.45, 2.75) is 44.6 Å². The second-order valence-corrected chi connectivity index (χ2v) is 6.01. The molecule has 0 bridgehead atoms. The molecule has 0 fully saturated rings. The zero-order valence-electron chi connectivity index (χ0n) is 9.49. The molecule has 0 aliphatic heterocycles. The van der Waals surface area contributed by atoms with Crippen LogP contribution in [-0.2, 0) is 23.1 Å². The Morgan fingerprint density at radius 2 is 2.19 bits per heavy atom. The predicted octanol–water partition coefficient (Wildman–Crippen LogP) is 1.96. The van der Waals surface area contributed by atoms with Gasteiger partial charge in [0.2, 0.25) is 0 Å². The van der Waals surface area contributed by atoms with E-state index in [-0.39, 0.29) is 0 Å². The highest BCUT2D eigenvalue weighted by Crippen LogP contribution is 2.38. The van der Waals surface area contributed by atoms with Gasteiger partial charge >= 0.3 is 5.97 Å². The van der Waals surface area contributed by atoms with E-state index >= 15 is 0 Å². The molecule has 1 aliphatic rings. The summed E-state index contributed by atoms with van der Waals surface area (Å²) in [6, 6.07) is 2.07. The number of fused-ring (bicyclic) bond motifs is 1. The molecule has 1 atom stereocenters. The molecule has 0 aromatic carbocycles. The van der Waals surface area contributed by atoms with Crippen LogP contribution >= 0.6 is 11.3 Å². The summed E-state index contributed by atoms with van der Waals surface area (Å²) in [5, 5.41) is 18.6. The van der Waals surface area contributed by atoms with Crippen LogP contribution in [0.2, 0.25) is 0 Å². The lowest BCUT2D eigenvalue weighted by atomic mass is 9.84. The van der Waals surface area contributed by atoms with Crippen LogP contribution in [0.4, 0.5) is 0 Å². The van der Waals surface area contributed by atoms with E-state index in [4.69, 9.17) is 5.11 Å². The summed E-state index contributed by atoms with van der Waals surface area (Å²) in [6.07, 6.45) is 2.04. The lowest BCUT2D eigenvalue weighted by Gasteiger charge is -2.26. The van der Waals surface area contributed by atoms with Gasteiger partial charge in [-0.3, -0.25) is 0 Å². The van der Waals surface area contributed by atoms with Crippen molar-refractivity contribution in [1.29, 1.82) is 0 Å². The molecule has 0 radical (unpaired) electrons. The predicted molar refractivity (Wildman–Crippen MR) is 63.0 cm³/mol. The molecule has 0 amide bonds. The third kappa shape index (κ3) is 1.76. The van der Waals surface area contributed by atoms with Crippen molar-refractivity contribution in [3.8, 4) is 0 Å². The van der Waals surface area contributed by atoms with Gasteiger partial charge in [0, 0.05) is 15.2 Å². The minimum atomic E-state index is -1.34. The molecule has 88 valence electrons. The van der Waals surface area contributed by atoms with Crippen LogP contribution in [0.15, 0.2) is 6.07 Å². The van der Waals surface area contributed by atoms with Gasteiger partial charge in [0.1, 0.15) is 0 Å². The number of thiophene rings is 1. The Kier molecular flexibility index (Phi) is 2.80. The first-order chi connectivity index (χ1) is 7.43. The Labute approximate surface area is 98.7 Å². The number of hydrogen-bond donors (Lipinski definition) is 2. The maximum Gasteiger partial charge on any atom is 0.333 e. The Morgan fingerprint density at radius 1 is 1.50 bits per heavy atom. The largest absolute Gasteiger partial charge is 0.479 e. The molecule has 0 spiro atoms. The molecule has 1 aliphatic carbocycles. The number of aliphatic carboxylic acids is 1. The van der Waals surface area contributed by atoms with Gasteiger partial charge in [-0.1, -0.05) is 13.8 Å². The van der Waals surface area contributed by atoms with Crippen molar-refractivity contribution < 1.29 is 15.0 Å². The van der Waals surface area contributed by atoms with E-state index in [1.807, 2.05) is 0 Å². The highest BCUT2D eigenvalue weighted by atomic mass is 32.1. The third-order valence-corrected chi connectivity index (χ3v) is 4.88. The number of rotatable bonds is 3. The fraction of sp³-hybridized carbons (Fsp3) is 0.583. The summed E-state index contributed by atoms with van der Waals surface area (Å²) in [5.41, 5.74) is 0.631. The molecule has 1 aromatic rings. The van der Waals surface area contributed by atoms with Gasteiger partial charge < -0.3 is 10.2 Å². The Bertz CT molecular complexity index is 398. The molecule has 1 unspecified atom stereocenters. The third-order valence-electron chi connectivity index (χ3n) is 3.30. The van der Waals surface area contributed by atoms with Gasteiger partial charge in [0.25, 0.3) is 0 Å². The van der Waals surface area contributed by atoms with Gasteiger partial charge in [-0.05, 0) is 30.9 Å². The zero-order chi connectivity index (χ0) is 11.9. The average Bonchev–Trinajstić information content (AvgIpc) is 2.74. The van der Waals surface area contributed by atoms with E-state index < -0.39 is 17.5 Å². The van der Waals surface area contributed by atoms with Crippen LogP contribution in [0.25, 0.3) is 0 Å². The highest BCUT2D eigenvalue weighted by molar-refractivity contribution is 7.12. The number of aliphatic hydroxyl groups excluding tert-OH is 1. The van der Waals surface area contributed by atoms with Crippen molar-refractivity contribution in [3.05, 3.63) is 21.4 Å². The molecular weight excluding hydrogens is 224 g/mol. The number of carboxylic acid groups (broad SMARTS) is 1. The Morgan fingerprint density at radius 3 is 2.75 bits per heavy atom. The molecule has 0 saturated heterocycles. The lowest BCUT2D eigenvalue weighted by Crippen LogP contribution is -2.39. The van der Waals surface area contributed by atoms with Crippen LogP contribution in [0.3, 0.4) is 0 Å². The maximum atomic E-state index is 10.8. The van der Waals surface area contributed by atoms with Crippen LogP contribution < -0.4 is 0 Å². The first-order valence-corrected chi connectivity index (χ1v) is 6.27. The van der Waals surface area contributed by atoms with Gasteiger partial charge in [-0.25, -0.2) is 4.79 Å². The van der Waals surface area contributed by atoms with E-state index in [9.17, 15) is 9.90 Å². The molecule has 1 heterocycles. The summed E-state index contributed by atoms with van der Waals surface area (Å²) in [6.45, 7) is 3.57. The molecular formula is C12H16O3S. The number of aryl methyl sites for hydroxylation is 2. The number of carboxylic acids is 1. The molecule has 3 nitrogen and oxygen atoms in total. The summed E-state index contributed by atoms with van der Waals surface area (Å²) in [5.74, 6) is -1.15. The minimum absolute atomic E-state index is 0.708. The molecule has 1 aromatic heterocycles. The van der Waals surface area contributed by atoms with Crippen molar-refractivity contribution in [2.24, 2.45) is 0 Å². The first kappa shape index (κ1) is 11.6. The minimum Gasteiger partial charge on any atom is -0.479 e. The van der Waals surface area contributed by atoms with Crippen LogP contribution in [0.1, 0.15) is 35.6 Å². The number of hydrogen-bond acceptors (Lipinski definition) is 3. The molecule has 0 saturated carbocycles. The van der Waals surface area contributed by atoms with Crippen LogP contribution in [0.5, 0.6) is 0 Å². The van der Waals surface area contributed by atoms with Crippen LogP contribution in [-0.4, -0.2) is 22.3 Å². The molecule has 2 rings (SSSR count). The van der Waals surface area contributed by atoms with Gasteiger partial charge in [-0.15, -0.1) is 11.3 Å². The van der Waals surface area contributed by atoms with Crippen molar-refractivity contribution in [2.75, 3.05) is 0 Å². The normalized spacial score (nSPS) is 17.2. The zero-order valence-corrected chi connectivity index (χ0v) is 10.3. The topological polar surface area (TPSA) is 57.5 Å². The quantitative estimate of drug-likeness (QED) is 0.849. The summed E-state index contributed by atoms with van der Waals surface area (Å²) in [4.78, 5) is 13.2. The van der Waals surface area contributed by atoms with Crippen molar-refractivity contribution in [3.63, 3.8) is 0 Å². The van der Waals surface area contributed by atoms with Crippen LogP contribution in [0, 0.1) is 0 Å². The van der Waals surface area contributed by atoms with Gasteiger partial charge in [0.15, 0.2) is 6.10 Å². The Hall–Kier alpha value is -0.870. The SMILES string of the molecule is CC(C)(c1cc2c(s1)CCC2)C(O)C(=O)O. The average molecular weight is 240 g/mol. The molecule has 4 heteroatoms. The van der Waals surface area contributed by atoms with E-state index in [0.29, 0.717) is 0 Å². The highest BCUT2D eigenvalue weighted by Gasteiger charge is 2.37. The Balaban J connectivity index is 2.32. The van der Waals surface area contributed by atoms with Gasteiger partial charge in [0.05, 0.1) is 0 Å². The smallest absolute Gasteiger partial charge is 0.333 e. The fourth-order valence-corrected chi connectivity index (χ4v) is 3.47. The summed E-state index contributed by atoms with van der Waals surface area (Å²) < 4.78 is 0. The van der Waals surface area contributed by atoms with E-state index in [1.165, 1.54) is 16.9 Å². The summed E-state index contributed by atoms with van der Waals surface area (Å²) in [7, 11) is 0. The number of carbonyl (C=O) groups is 1. The fourth-order valence-electron chi connectivity index (χ4n) is 2.09. The first-order valence-electron chi connectivity index (χ1n) is 5.46. The second-order valence-electron chi connectivity index (χ2n) is 4.88. The molecule has 16 heavy (non-hydrogen) atoms. The van der Waals surface area contributed by atoms with E-state index in [0.717, 1.165) is 17.7 Å². The maximum absolute atomic E-state index is 10.8. The van der Waals surface area contributed by atoms with Crippen molar-refractivity contribution in [1.82, 2.24) is 0 Å². The summed E-state index contributed by atoms with van der Waals surface area (Å²) >= 11 is 1.65. The van der Waals surface area contributed by atoms with E-state index in [1.54, 1.807) is 25.2 Å². The van der Waals surface area contributed by atoms with Gasteiger partial charge in [-0.2, -0.15) is 0 Å².